The van der Waals surface area contributed by atoms with Crippen LogP contribution in [-0.4, -0.2) is 38.6 Å². The van der Waals surface area contributed by atoms with E-state index < -0.39 is 5.60 Å². The molecule has 1 N–H and O–H groups in total. The number of hydrogen-bond acceptors (Lipinski definition) is 4. The van der Waals surface area contributed by atoms with Crippen LogP contribution in [0, 0.1) is 0 Å². The van der Waals surface area contributed by atoms with Gasteiger partial charge in [-0.3, -0.25) is 9.36 Å². The maximum absolute atomic E-state index is 14.0. The van der Waals surface area contributed by atoms with Gasteiger partial charge in [-0.15, -0.1) is 11.3 Å². The first-order valence-electron chi connectivity index (χ1n) is 13.0. The lowest BCUT2D eigenvalue weighted by Crippen LogP contribution is -2.45. The van der Waals surface area contributed by atoms with Crippen molar-refractivity contribution in [2.24, 2.45) is 0 Å². The van der Waals surface area contributed by atoms with E-state index in [0.717, 1.165) is 31.9 Å². The number of carbonyl (C=O) groups is 1. The number of aliphatic hydroxyl groups is 1. The minimum atomic E-state index is -0.945. The number of rotatable bonds is 5. The average molecular weight is 577 g/mol. The van der Waals surface area contributed by atoms with Crippen molar-refractivity contribution in [3.63, 3.8) is 0 Å². The Morgan fingerprint density at radius 1 is 1.00 bits per heavy atom. The summed E-state index contributed by atoms with van der Waals surface area (Å²) in [5, 5.41) is 13.9. The third-order valence-corrected chi connectivity index (χ3v) is 9.36. The van der Waals surface area contributed by atoms with E-state index in [9.17, 15) is 9.90 Å². The fraction of sp³-hybridized carbons (Fsp3) is 0.226. The van der Waals surface area contributed by atoms with Crippen molar-refractivity contribution in [3.05, 3.63) is 105 Å². The van der Waals surface area contributed by atoms with Gasteiger partial charge in [0.2, 0.25) is 0 Å². The fourth-order valence-electron chi connectivity index (χ4n) is 5.33. The second-order valence-corrected chi connectivity index (χ2v) is 11.8. The molecule has 8 heteroatoms. The molecule has 5 aromatic rings. The number of imidazole rings is 1. The number of aromatic nitrogens is 2. The van der Waals surface area contributed by atoms with Crippen molar-refractivity contribution < 1.29 is 9.90 Å². The van der Waals surface area contributed by atoms with Gasteiger partial charge in [-0.25, -0.2) is 4.98 Å². The summed E-state index contributed by atoms with van der Waals surface area (Å²) in [5.74, 6) is 0.480. The quantitative estimate of drug-likeness (QED) is 0.233. The zero-order valence-electron chi connectivity index (χ0n) is 21.4. The van der Waals surface area contributed by atoms with E-state index in [-0.39, 0.29) is 5.91 Å². The summed E-state index contributed by atoms with van der Waals surface area (Å²) in [4.78, 5) is 21.6. The highest BCUT2D eigenvalue weighted by Gasteiger charge is 2.38. The highest BCUT2D eigenvalue weighted by molar-refractivity contribution is 7.19. The molecule has 1 fully saturated rings. The van der Waals surface area contributed by atoms with Crippen molar-refractivity contribution in [1.29, 1.82) is 0 Å². The molecule has 0 unspecified atom stereocenters. The molecule has 0 bridgehead atoms. The monoisotopic (exact) mass is 575 g/mol. The van der Waals surface area contributed by atoms with Gasteiger partial charge < -0.3 is 10.0 Å². The summed E-state index contributed by atoms with van der Waals surface area (Å²) in [5.41, 5.74) is 1.88. The average Bonchev–Trinajstić information content (AvgIpc) is 3.56. The minimum absolute atomic E-state index is 0.133. The second kappa shape index (κ2) is 10.4. The number of halogens is 2. The van der Waals surface area contributed by atoms with Gasteiger partial charge in [-0.1, -0.05) is 60.5 Å². The van der Waals surface area contributed by atoms with Crippen LogP contribution < -0.4 is 0 Å². The summed E-state index contributed by atoms with van der Waals surface area (Å²) < 4.78 is 3.16. The molecular weight excluding hydrogens is 549 g/mol. The summed E-state index contributed by atoms with van der Waals surface area (Å²) in [6.07, 6.45) is 1.55. The molecule has 1 amide bonds. The minimum Gasteiger partial charge on any atom is -0.384 e. The summed E-state index contributed by atoms with van der Waals surface area (Å²) in [6, 6.07) is 25.3. The molecule has 3 aromatic carbocycles. The normalized spacial score (nSPS) is 15.1. The van der Waals surface area contributed by atoms with Crippen LogP contribution in [0.4, 0.5) is 0 Å². The largest absolute Gasteiger partial charge is 0.384 e. The molecule has 0 saturated carbocycles. The Morgan fingerprint density at radius 3 is 2.38 bits per heavy atom. The molecule has 1 saturated heterocycles. The zero-order valence-corrected chi connectivity index (χ0v) is 23.7. The van der Waals surface area contributed by atoms with Crippen LogP contribution >= 0.6 is 34.5 Å². The Morgan fingerprint density at radius 2 is 1.69 bits per heavy atom. The van der Waals surface area contributed by atoms with Crippen molar-refractivity contribution in [3.8, 4) is 17.1 Å². The standard InChI is InChI=1S/C31H27Cl2N3O2S/c1-2-25-28(34-29(23-8-4-5-9-24(23)33)36(25)22-13-11-21(32)12-14-22)30(37)35-17-15-31(38,16-18-35)27-19-20-7-3-6-10-26(20)39-27/h3-14,19,38H,2,15-18H2,1H3. The van der Waals surface area contributed by atoms with Gasteiger partial charge >= 0.3 is 0 Å². The van der Waals surface area contributed by atoms with Gasteiger partial charge in [0.15, 0.2) is 5.69 Å². The van der Waals surface area contributed by atoms with Gasteiger partial charge in [-0.2, -0.15) is 0 Å². The van der Waals surface area contributed by atoms with Crippen molar-refractivity contribution in [1.82, 2.24) is 14.5 Å². The molecule has 0 radical (unpaired) electrons. The van der Waals surface area contributed by atoms with Crippen molar-refractivity contribution in [2.75, 3.05) is 13.1 Å². The number of nitrogens with zero attached hydrogens (tertiary/aromatic N) is 3. The highest BCUT2D eigenvalue weighted by atomic mass is 35.5. The first-order chi connectivity index (χ1) is 18.9. The van der Waals surface area contributed by atoms with E-state index in [1.54, 1.807) is 11.3 Å². The smallest absolute Gasteiger partial charge is 0.274 e. The molecule has 2 aromatic heterocycles. The Kier molecular flexibility index (Phi) is 6.98. The number of benzene rings is 3. The Hall–Kier alpha value is -3.16. The van der Waals surface area contributed by atoms with Gasteiger partial charge in [0, 0.05) is 38.9 Å². The summed E-state index contributed by atoms with van der Waals surface area (Å²) >= 11 is 14.4. The molecule has 0 spiro atoms. The number of fused-ring (bicyclic) bond motifs is 1. The highest BCUT2D eigenvalue weighted by Crippen LogP contribution is 2.40. The summed E-state index contributed by atoms with van der Waals surface area (Å²) in [7, 11) is 0. The number of hydrogen-bond donors (Lipinski definition) is 1. The topological polar surface area (TPSA) is 58.4 Å². The Labute approximate surface area is 241 Å². The van der Waals surface area contributed by atoms with Gasteiger partial charge in [0.05, 0.1) is 10.7 Å². The molecular formula is C31H27Cl2N3O2S. The van der Waals surface area contributed by atoms with Crippen LogP contribution in [0.2, 0.25) is 10.0 Å². The number of carbonyl (C=O) groups excluding carboxylic acids is 1. The van der Waals surface area contributed by atoms with Crippen LogP contribution in [0.3, 0.4) is 0 Å². The van der Waals surface area contributed by atoms with Gasteiger partial charge in [-0.05, 0) is 73.2 Å². The molecule has 3 heterocycles. The Bertz CT molecular complexity index is 1630. The predicted octanol–water partition coefficient (Wildman–Crippen LogP) is 7.75. The van der Waals surface area contributed by atoms with Gasteiger partial charge in [0.1, 0.15) is 11.4 Å². The van der Waals surface area contributed by atoms with Crippen LogP contribution in [0.15, 0.2) is 78.9 Å². The number of piperidine rings is 1. The zero-order chi connectivity index (χ0) is 27.1. The van der Waals surface area contributed by atoms with Crippen molar-refractivity contribution in [2.45, 2.75) is 31.8 Å². The maximum Gasteiger partial charge on any atom is 0.274 e. The predicted molar refractivity (Wildman–Crippen MR) is 159 cm³/mol. The molecule has 1 aliphatic rings. The van der Waals surface area contributed by atoms with Crippen LogP contribution in [-0.2, 0) is 12.0 Å². The molecule has 0 atom stereocenters. The molecule has 5 nitrogen and oxygen atoms in total. The molecule has 1 aliphatic heterocycles. The number of likely N-dealkylation sites (tertiary alicyclic amines) is 1. The van der Waals surface area contributed by atoms with Crippen LogP contribution in [0.25, 0.3) is 27.2 Å². The molecule has 6 rings (SSSR count). The third-order valence-electron chi connectivity index (χ3n) is 7.47. The second-order valence-electron chi connectivity index (χ2n) is 9.85. The van der Waals surface area contributed by atoms with Gasteiger partial charge in [0.25, 0.3) is 5.91 Å². The Balaban J connectivity index is 1.34. The molecule has 198 valence electrons. The lowest BCUT2D eigenvalue weighted by Gasteiger charge is -2.37. The SMILES string of the molecule is CCc1c(C(=O)N2CCC(O)(c3cc4ccccc4s3)CC2)nc(-c2ccccc2Cl)n1-c1ccc(Cl)cc1. The van der Waals surface area contributed by atoms with E-state index in [1.807, 2.05) is 77.1 Å². The lowest BCUT2D eigenvalue weighted by atomic mass is 9.89. The molecule has 0 aliphatic carbocycles. The van der Waals surface area contributed by atoms with E-state index in [0.29, 0.717) is 53.9 Å². The molecule has 39 heavy (non-hydrogen) atoms. The van der Waals surface area contributed by atoms with E-state index in [1.165, 1.54) is 0 Å². The van der Waals surface area contributed by atoms with Crippen LogP contribution in [0.5, 0.6) is 0 Å². The van der Waals surface area contributed by atoms with E-state index >= 15 is 0 Å². The first kappa shape index (κ1) is 26.1. The maximum atomic E-state index is 14.0. The van der Waals surface area contributed by atoms with Crippen LogP contribution in [0.1, 0.15) is 40.8 Å². The fourth-order valence-corrected chi connectivity index (χ4v) is 6.88. The van der Waals surface area contributed by atoms with E-state index in [4.69, 9.17) is 28.2 Å². The van der Waals surface area contributed by atoms with E-state index in [2.05, 4.69) is 18.2 Å². The van der Waals surface area contributed by atoms with Crippen molar-refractivity contribution >= 4 is 50.5 Å². The lowest BCUT2D eigenvalue weighted by molar-refractivity contribution is -0.0184. The number of thiophene rings is 1. The summed E-state index contributed by atoms with van der Waals surface area (Å²) in [6.45, 7) is 2.91. The number of amides is 1. The first-order valence-corrected chi connectivity index (χ1v) is 14.6. The third kappa shape index (κ3) is 4.76.